The fourth-order valence-electron chi connectivity index (χ4n) is 2.98. The fraction of sp³-hybridized carbons (Fsp3) is 0.750. The average molecular weight is 445 g/mol. The smallest absolute Gasteiger partial charge is 0.317 e. The summed E-state index contributed by atoms with van der Waals surface area (Å²) in [5, 5.41) is 26.1. The van der Waals surface area contributed by atoms with Gasteiger partial charge in [-0.1, -0.05) is 6.92 Å². The van der Waals surface area contributed by atoms with Crippen LogP contribution in [-0.2, 0) is 24.0 Å². The van der Waals surface area contributed by atoms with Crippen LogP contribution in [0.25, 0.3) is 0 Å². The van der Waals surface area contributed by atoms with Crippen LogP contribution in [0.3, 0.4) is 0 Å². The summed E-state index contributed by atoms with van der Waals surface area (Å²) in [5.41, 5.74) is 0. The van der Waals surface area contributed by atoms with E-state index in [1.807, 2.05) is 13.8 Å². The van der Waals surface area contributed by atoms with Crippen molar-refractivity contribution in [1.82, 2.24) is 20.9 Å². The third-order valence-electron chi connectivity index (χ3n) is 4.67. The molecule has 31 heavy (non-hydrogen) atoms. The number of nitrogens with zero attached hydrogens (tertiary/aromatic N) is 1. The van der Waals surface area contributed by atoms with E-state index in [1.54, 1.807) is 7.05 Å². The van der Waals surface area contributed by atoms with Crippen LogP contribution >= 0.6 is 0 Å². The van der Waals surface area contributed by atoms with Crippen LogP contribution in [0.4, 0.5) is 0 Å². The minimum Gasteiger partial charge on any atom is -0.480 e. The van der Waals surface area contributed by atoms with Gasteiger partial charge in [0.15, 0.2) is 0 Å². The number of ketones is 1. The van der Waals surface area contributed by atoms with Gasteiger partial charge in [0.05, 0.1) is 25.7 Å². The second-order valence-corrected chi connectivity index (χ2v) is 7.90. The molecular formula is C20H36N4O7. The van der Waals surface area contributed by atoms with Crippen molar-refractivity contribution in [3.63, 3.8) is 0 Å². The Labute approximate surface area is 182 Å². The molecule has 3 unspecified atom stereocenters. The molecule has 3 atom stereocenters. The molecule has 0 saturated heterocycles. The third kappa shape index (κ3) is 15.0. The van der Waals surface area contributed by atoms with Crippen molar-refractivity contribution in [2.45, 2.75) is 58.5 Å². The van der Waals surface area contributed by atoms with E-state index in [1.165, 1.54) is 6.92 Å². The summed E-state index contributed by atoms with van der Waals surface area (Å²) >= 11 is 0. The van der Waals surface area contributed by atoms with Gasteiger partial charge in [0.25, 0.3) is 0 Å². The van der Waals surface area contributed by atoms with E-state index in [4.69, 9.17) is 10.2 Å². The summed E-state index contributed by atoms with van der Waals surface area (Å²) < 4.78 is 0. The van der Waals surface area contributed by atoms with Crippen LogP contribution in [0, 0.1) is 5.92 Å². The molecule has 11 heteroatoms. The molecule has 0 fully saturated rings. The number of aliphatic carboxylic acids is 2. The van der Waals surface area contributed by atoms with Crippen molar-refractivity contribution in [3.8, 4) is 0 Å². The maximum absolute atomic E-state index is 12.4. The van der Waals surface area contributed by atoms with Gasteiger partial charge in [-0.3, -0.25) is 24.1 Å². The van der Waals surface area contributed by atoms with Crippen LogP contribution in [0.5, 0.6) is 0 Å². The predicted molar refractivity (Wildman–Crippen MR) is 113 cm³/mol. The molecule has 0 radical (unpaired) electrons. The largest absolute Gasteiger partial charge is 0.480 e. The van der Waals surface area contributed by atoms with Gasteiger partial charge in [0.2, 0.25) is 11.8 Å². The molecule has 0 aromatic heterocycles. The van der Waals surface area contributed by atoms with Crippen molar-refractivity contribution in [2.75, 3.05) is 33.2 Å². The number of hydrogen-bond acceptors (Lipinski definition) is 7. The van der Waals surface area contributed by atoms with Gasteiger partial charge in [-0.05, 0) is 46.1 Å². The Kier molecular flexibility index (Phi) is 14.0. The van der Waals surface area contributed by atoms with Crippen LogP contribution in [-0.4, -0.2) is 90.0 Å². The molecular weight excluding hydrogens is 408 g/mol. The molecule has 0 spiro atoms. The van der Waals surface area contributed by atoms with Crippen molar-refractivity contribution < 1.29 is 34.2 Å². The molecule has 0 aromatic rings. The van der Waals surface area contributed by atoms with E-state index in [-0.39, 0.29) is 30.2 Å². The normalized spacial score (nSPS) is 13.8. The number of Topliss-reactive ketones (excluding diaryl/α,β-unsaturated/α-hetero) is 1. The first-order valence-electron chi connectivity index (χ1n) is 10.3. The molecule has 0 aliphatic carbocycles. The lowest BCUT2D eigenvalue weighted by Crippen LogP contribution is -2.47. The molecule has 0 aliphatic heterocycles. The Hall–Kier alpha value is -2.53. The Balaban J connectivity index is 4.38. The number of carboxylic acid groups (broad SMARTS) is 2. The molecule has 0 heterocycles. The first-order chi connectivity index (χ1) is 14.4. The zero-order valence-corrected chi connectivity index (χ0v) is 18.8. The van der Waals surface area contributed by atoms with E-state index in [0.29, 0.717) is 32.2 Å². The molecule has 178 valence electrons. The fourth-order valence-corrected chi connectivity index (χ4v) is 2.98. The summed E-state index contributed by atoms with van der Waals surface area (Å²) in [5.74, 6) is -2.85. The highest BCUT2D eigenvalue weighted by Gasteiger charge is 2.21. The molecule has 0 saturated carbocycles. The minimum absolute atomic E-state index is 0.0796. The zero-order chi connectivity index (χ0) is 24.0. The van der Waals surface area contributed by atoms with Gasteiger partial charge in [-0.25, -0.2) is 0 Å². The third-order valence-corrected chi connectivity index (χ3v) is 4.67. The number of nitrogens with one attached hydrogen (secondary N) is 3. The quantitative estimate of drug-likeness (QED) is 0.198. The molecule has 0 rings (SSSR count). The first kappa shape index (κ1) is 28.5. The number of hydrogen-bond donors (Lipinski definition) is 5. The molecule has 0 aliphatic rings. The number of carbonyl (C=O) groups is 5. The monoisotopic (exact) mass is 444 g/mol. The summed E-state index contributed by atoms with van der Waals surface area (Å²) in [6, 6.07) is -0.520. The standard InChI is InChI=1S/C20H36N4O7/c1-13(9-16(21-4)20(31)23-14(2)5-6-15(3)25)7-8-22-17(26)10-24(11-18(27)28)12-19(29)30/h13-14,16,21H,5-12H2,1-4H3,(H,22,26)(H,23,31)(H,27,28)(H,29,30). The number of rotatable bonds is 17. The number of carboxylic acids is 2. The van der Waals surface area contributed by atoms with Crippen molar-refractivity contribution >= 4 is 29.5 Å². The lowest BCUT2D eigenvalue weighted by atomic mass is 9.97. The van der Waals surface area contributed by atoms with Gasteiger partial charge < -0.3 is 31.0 Å². The van der Waals surface area contributed by atoms with Crippen LogP contribution in [0.1, 0.15) is 46.5 Å². The Morgan fingerprint density at radius 3 is 2.00 bits per heavy atom. The van der Waals surface area contributed by atoms with E-state index in [9.17, 15) is 24.0 Å². The highest BCUT2D eigenvalue weighted by molar-refractivity contribution is 5.82. The molecule has 2 amide bonds. The van der Waals surface area contributed by atoms with Gasteiger partial charge in [0, 0.05) is 19.0 Å². The second-order valence-electron chi connectivity index (χ2n) is 7.90. The Bertz CT molecular complexity index is 611. The predicted octanol–water partition coefficient (Wildman–Crippen LogP) is -0.548. The second kappa shape index (κ2) is 15.3. The van der Waals surface area contributed by atoms with Crippen LogP contribution in [0.2, 0.25) is 0 Å². The maximum Gasteiger partial charge on any atom is 0.317 e. The molecule has 11 nitrogen and oxygen atoms in total. The van der Waals surface area contributed by atoms with Crippen molar-refractivity contribution in [1.29, 1.82) is 0 Å². The molecule has 5 N–H and O–H groups in total. The molecule has 0 aromatic carbocycles. The molecule has 0 bridgehead atoms. The summed E-state index contributed by atoms with van der Waals surface area (Å²) in [6.07, 6.45) is 2.13. The van der Waals surface area contributed by atoms with E-state index in [2.05, 4.69) is 16.0 Å². The van der Waals surface area contributed by atoms with Crippen molar-refractivity contribution in [3.05, 3.63) is 0 Å². The van der Waals surface area contributed by atoms with Gasteiger partial charge in [-0.15, -0.1) is 0 Å². The van der Waals surface area contributed by atoms with Gasteiger partial charge in [0.1, 0.15) is 5.78 Å². The lowest BCUT2D eigenvalue weighted by Gasteiger charge is -2.23. The number of amides is 2. The topological polar surface area (TPSA) is 165 Å². The lowest BCUT2D eigenvalue weighted by molar-refractivity contribution is -0.142. The van der Waals surface area contributed by atoms with Gasteiger partial charge in [-0.2, -0.15) is 0 Å². The van der Waals surface area contributed by atoms with Crippen LogP contribution < -0.4 is 16.0 Å². The maximum atomic E-state index is 12.4. The first-order valence-corrected chi connectivity index (χ1v) is 10.3. The van der Waals surface area contributed by atoms with E-state index < -0.39 is 37.0 Å². The Morgan fingerprint density at radius 1 is 0.935 bits per heavy atom. The van der Waals surface area contributed by atoms with E-state index in [0.717, 1.165) is 4.90 Å². The summed E-state index contributed by atoms with van der Waals surface area (Å²) in [6.45, 7) is 4.23. The average Bonchev–Trinajstić information content (AvgIpc) is 2.63. The minimum atomic E-state index is -1.21. The summed E-state index contributed by atoms with van der Waals surface area (Å²) in [4.78, 5) is 58.0. The zero-order valence-electron chi connectivity index (χ0n) is 18.8. The van der Waals surface area contributed by atoms with E-state index >= 15 is 0 Å². The highest BCUT2D eigenvalue weighted by atomic mass is 16.4. The number of carbonyl (C=O) groups excluding carboxylic acids is 3. The Morgan fingerprint density at radius 2 is 1.52 bits per heavy atom. The van der Waals surface area contributed by atoms with Gasteiger partial charge >= 0.3 is 11.9 Å². The SMILES string of the molecule is CNC(CC(C)CCNC(=O)CN(CC(=O)O)CC(=O)O)C(=O)NC(C)CCC(C)=O. The van der Waals surface area contributed by atoms with Crippen LogP contribution in [0.15, 0.2) is 0 Å². The highest BCUT2D eigenvalue weighted by Crippen LogP contribution is 2.11. The summed E-state index contributed by atoms with van der Waals surface area (Å²) in [7, 11) is 1.69. The van der Waals surface area contributed by atoms with Crippen molar-refractivity contribution in [2.24, 2.45) is 5.92 Å². The number of likely N-dealkylation sites (N-methyl/N-ethyl adjacent to an activating group) is 1.